The number of rotatable bonds is 4. The molecule has 0 radical (unpaired) electrons. The second kappa shape index (κ2) is 6.10. The molecule has 0 saturated carbocycles. The van der Waals surface area contributed by atoms with E-state index in [1.165, 1.54) is 0 Å². The minimum Gasteiger partial charge on any atom is -0.385 e. The van der Waals surface area contributed by atoms with Gasteiger partial charge in [-0.3, -0.25) is 9.59 Å². The van der Waals surface area contributed by atoms with Crippen LogP contribution in [0.15, 0.2) is 0 Å². The first kappa shape index (κ1) is 16.9. The first-order chi connectivity index (χ1) is 9.06. The van der Waals surface area contributed by atoms with Crippen molar-refractivity contribution in [3.63, 3.8) is 0 Å². The number of amides is 2. The van der Waals surface area contributed by atoms with Gasteiger partial charge in [0.2, 0.25) is 11.8 Å². The monoisotopic (exact) mass is 286 g/mol. The molecule has 0 aromatic carbocycles. The van der Waals surface area contributed by atoms with Crippen LogP contribution in [-0.2, 0) is 14.3 Å². The molecule has 116 valence electrons. The molecule has 3 unspecified atom stereocenters. The van der Waals surface area contributed by atoms with Crippen molar-refractivity contribution >= 4 is 11.8 Å². The van der Waals surface area contributed by atoms with E-state index in [1.807, 2.05) is 0 Å². The molecule has 1 fully saturated rings. The van der Waals surface area contributed by atoms with Gasteiger partial charge in [0, 0.05) is 25.0 Å². The molecular formula is C14H26N2O4. The quantitative estimate of drug-likeness (QED) is 0.688. The molecule has 0 aromatic heterocycles. The third-order valence-electron chi connectivity index (χ3n) is 3.65. The van der Waals surface area contributed by atoms with Gasteiger partial charge in [0.15, 0.2) is 0 Å². The third-order valence-corrected chi connectivity index (χ3v) is 3.65. The highest BCUT2D eigenvalue weighted by Gasteiger charge is 2.40. The summed E-state index contributed by atoms with van der Waals surface area (Å²) in [6.45, 7) is 9.38. The second-order valence-electron chi connectivity index (χ2n) is 6.53. The summed E-state index contributed by atoms with van der Waals surface area (Å²) in [6.07, 6.45) is 0.194. The molecule has 3 N–H and O–H groups in total. The fourth-order valence-electron chi connectivity index (χ4n) is 1.87. The van der Waals surface area contributed by atoms with Crippen molar-refractivity contribution in [1.29, 1.82) is 0 Å². The summed E-state index contributed by atoms with van der Waals surface area (Å²) in [6, 6.07) is -0.636. The van der Waals surface area contributed by atoms with Crippen molar-refractivity contribution < 1.29 is 19.4 Å². The van der Waals surface area contributed by atoms with Gasteiger partial charge >= 0.3 is 0 Å². The van der Waals surface area contributed by atoms with E-state index >= 15 is 0 Å². The largest absolute Gasteiger partial charge is 0.385 e. The van der Waals surface area contributed by atoms with Crippen molar-refractivity contribution in [2.75, 3.05) is 13.2 Å². The molecule has 0 bridgehead atoms. The van der Waals surface area contributed by atoms with E-state index in [9.17, 15) is 14.7 Å². The molecule has 0 aliphatic carbocycles. The molecule has 6 heteroatoms. The van der Waals surface area contributed by atoms with Crippen LogP contribution in [0, 0.1) is 5.41 Å². The van der Waals surface area contributed by atoms with Crippen LogP contribution in [-0.4, -0.2) is 47.8 Å². The zero-order valence-electron chi connectivity index (χ0n) is 12.9. The Bertz CT molecular complexity index is 378. The van der Waals surface area contributed by atoms with Gasteiger partial charge in [0.1, 0.15) is 11.6 Å². The molecule has 20 heavy (non-hydrogen) atoms. The van der Waals surface area contributed by atoms with E-state index in [2.05, 4.69) is 10.6 Å². The van der Waals surface area contributed by atoms with Crippen LogP contribution < -0.4 is 10.6 Å². The maximum atomic E-state index is 11.9. The lowest BCUT2D eigenvalue weighted by molar-refractivity contribution is -0.133. The lowest BCUT2D eigenvalue weighted by Gasteiger charge is -2.27. The highest BCUT2D eigenvalue weighted by atomic mass is 16.5. The van der Waals surface area contributed by atoms with Gasteiger partial charge < -0.3 is 20.5 Å². The molecule has 1 rings (SSSR count). The second-order valence-corrected chi connectivity index (χ2v) is 6.53. The lowest BCUT2D eigenvalue weighted by Crippen LogP contribution is -2.53. The maximum absolute atomic E-state index is 11.9. The van der Waals surface area contributed by atoms with Gasteiger partial charge in [-0.15, -0.1) is 0 Å². The summed E-state index contributed by atoms with van der Waals surface area (Å²) < 4.78 is 5.30. The summed E-state index contributed by atoms with van der Waals surface area (Å²) in [5.41, 5.74) is -1.57. The normalized spacial score (nSPS) is 28.0. The minimum atomic E-state index is -1.02. The number of hydrogen-bond donors (Lipinski definition) is 3. The van der Waals surface area contributed by atoms with E-state index < -0.39 is 17.1 Å². The highest BCUT2D eigenvalue weighted by Crippen LogP contribution is 2.24. The highest BCUT2D eigenvalue weighted by molar-refractivity contribution is 5.89. The van der Waals surface area contributed by atoms with E-state index in [0.29, 0.717) is 13.0 Å². The Morgan fingerprint density at radius 1 is 1.45 bits per heavy atom. The van der Waals surface area contributed by atoms with Crippen molar-refractivity contribution in [3.8, 4) is 0 Å². The first-order valence-corrected chi connectivity index (χ1v) is 6.99. The number of carbonyl (C=O) groups is 2. The van der Waals surface area contributed by atoms with Crippen LogP contribution in [0.3, 0.4) is 0 Å². The maximum Gasteiger partial charge on any atom is 0.242 e. The van der Waals surface area contributed by atoms with E-state index in [-0.39, 0.29) is 24.5 Å². The lowest BCUT2D eigenvalue weighted by atomic mass is 9.95. The van der Waals surface area contributed by atoms with Crippen molar-refractivity contribution in [3.05, 3.63) is 0 Å². The minimum absolute atomic E-state index is 0.128. The Hall–Kier alpha value is -1.14. The first-order valence-electron chi connectivity index (χ1n) is 6.99. The molecule has 6 nitrogen and oxygen atoms in total. The van der Waals surface area contributed by atoms with Crippen molar-refractivity contribution in [1.82, 2.24) is 10.6 Å². The molecule has 0 aromatic rings. The standard InChI is InChI=1S/C14H26N2O4/c1-9(16-12(18)13(3,4)5)11(17)15-8-14(19)6-7-20-10(14)2/h9-10,19H,6-8H2,1-5H3,(H,15,17)(H,16,18). The average Bonchev–Trinajstić information content (AvgIpc) is 2.66. The average molecular weight is 286 g/mol. The van der Waals surface area contributed by atoms with Gasteiger partial charge in [-0.05, 0) is 13.8 Å². The van der Waals surface area contributed by atoms with E-state index in [4.69, 9.17) is 4.74 Å². The van der Waals surface area contributed by atoms with Crippen LogP contribution in [0.25, 0.3) is 0 Å². The number of carbonyl (C=O) groups excluding carboxylic acids is 2. The zero-order valence-corrected chi connectivity index (χ0v) is 12.9. The summed E-state index contributed by atoms with van der Waals surface area (Å²) in [5.74, 6) is -0.494. The molecule has 1 aliphatic rings. The van der Waals surface area contributed by atoms with Crippen LogP contribution in [0.5, 0.6) is 0 Å². The summed E-state index contributed by atoms with van der Waals surface area (Å²) in [4.78, 5) is 23.7. The van der Waals surface area contributed by atoms with Crippen LogP contribution >= 0.6 is 0 Å². The van der Waals surface area contributed by atoms with Crippen LogP contribution in [0.1, 0.15) is 41.0 Å². The molecule has 3 atom stereocenters. The Morgan fingerprint density at radius 2 is 2.05 bits per heavy atom. The fraction of sp³-hybridized carbons (Fsp3) is 0.857. The van der Waals surface area contributed by atoms with Gasteiger partial charge in [-0.2, -0.15) is 0 Å². The predicted octanol–water partition coefficient (Wildman–Crippen LogP) is 0.193. The Morgan fingerprint density at radius 3 is 2.50 bits per heavy atom. The molecule has 2 amide bonds. The third kappa shape index (κ3) is 4.18. The summed E-state index contributed by atoms with van der Waals surface area (Å²) >= 11 is 0. The van der Waals surface area contributed by atoms with Crippen molar-refractivity contribution in [2.24, 2.45) is 5.41 Å². The number of ether oxygens (including phenoxy) is 1. The number of aliphatic hydroxyl groups is 1. The Kier molecular flexibility index (Phi) is 5.15. The SMILES string of the molecule is CC(NC(=O)C(C)(C)C)C(=O)NCC1(O)CCOC1C. The fourth-order valence-corrected chi connectivity index (χ4v) is 1.87. The van der Waals surface area contributed by atoms with Gasteiger partial charge in [-0.25, -0.2) is 0 Å². The molecule has 1 saturated heterocycles. The Balaban J connectivity index is 2.45. The molecule has 1 aliphatic heterocycles. The summed E-state index contributed by atoms with van der Waals surface area (Å²) in [5, 5.41) is 15.6. The topological polar surface area (TPSA) is 87.7 Å². The molecular weight excluding hydrogens is 260 g/mol. The molecule has 1 heterocycles. The van der Waals surface area contributed by atoms with Gasteiger partial charge in [-0.1, -0.05) is 20.8 Å². The van der Waals surface area contributed by atoms with E-state index in [0.717, 1.165) is 0 Å². The Labute approximate surface area is 120 Å². The van der Waals surface area contributed by atoms with Gasteiger partial charge in [0.25, 0.3) is 0 Å². The van der Waals surface area contributed by atoms with Gasteiger partial charge in [0.05, 0.1) is 6.10 Å². The predicted molar refractivity (Wildman–Crippen MR) is 75.1 cm³/mol. The summed E-state index contributed by atoms with van der Waals surface area (Å²) in [7, 11) is 0. The van der Waals surface area contributed by atoms with Crippen LogP contribution in [0.4, 0.5) is 0 Å². The number of nitrogens with one attached hydrogen (secondary N) is 2. The molecule has 0 spiro atoms. The number of hydrogen-bond acceptors (Lipinski definition) is 4. The van der Waals surface area contributed by atoms with Crippen molar-refractivity contribution in [2.45, 2.75) is 58.8 Å². The zero-order chi connectivity index (χ0) is 15.6. The van der Waals surface area contributed by atoms with E-state index in [1.54, 1.807) is 34.6 Å². The smallest absolute Gasteiger partial charge is 0.242 e. The van der Waals surface area contributed by atoms with Crippen LogP contribution in [0.2, 0.25) is 0 Å².